The lowest BCUT2D eigenvalue weighted by molar-refractivity contribution is 0.0188. The molecule has 0 bridgehead atoms. The number of piperazine rings is 1. The van der Waals surface area contributed by atoms with E-state index in [0.29, 0.717) is 13.1 Å². The van der Waals surface area contributed by atoms with Gasteiger partial charge < -0.3 is 14.5 Å². The van der Waals surface area contributed by atoms with Gasteiger partial charge in [0.1, 0.15) is 11.4 Å². The third-order valence-corrected chi connectivity index (χ3v) is 2.97. The molecule has 106 valence electrons. The normalized spacial score (nSPS) is 20.3. The Kier molecular flexibility index (Phi) is 4.07. The van der Waals surface area contributed by atoms with Crippen molar-refractivity contribution < 1.29 is 9.53 Å². The van der Waals surface area contributed by atoms with Crippen molar-refractivity contribution in [3.05, 3.63) is 0 Å². The van der Waals surface area contributed by atoms with Crippen molar-refractivity contribution in [1.82, 2.24) is 9.80 Å². The Bertz CT molecular complexity index is 390. The summed E-state index contributed by atoms with van der Waals surface area (Å²) in [5, 5.41) is 0. The molecule has 19 heavy (non-hydrogen) atoms. The molecule has 2 rings (SSSR count). The van der Waals surface area contributed by atoms with Gasteiger partial charge in [-0.25, -0.2) is 4.79 Å². The van der Waals surface area contributed by atoms with Gasteiger partial charge in [0.2, 0.25) is 0 Å². The SMILES string of the molecule is CC(C)(C)OC(=O)N1CCN(C2=NCCN=C2)CC1. The topological polar surface area (TPSA) is 57.5 Å². The van der Waals surface area contributed by atoms with Gasteiger partial charge in [-0.2, -0.15) is 0 Å². The van der Waals surface area contributed by atoms with Crippen LogP contribution in [0.5, 0.6) is 0 Å². The second kappa shape index (κ2) is 5.59. The Morgan fingerprint density at radius 1 is 1.21 bits per heavy atom. The molecule has 2 aliphatic heterocycles. The third kappa shape index (κ3) is 3.94. The average Bonchev–Trinajstić information content (AvgIpc) is 2.38. The monoisotopic (exact) mass is 266 g/mol. The standard InChI is InChI=1S/C13H22N4O2/c1-13(2,3)19-12(18)17-8-6-16(7-9-17)11-10-14-4-5-15-11/h10H,4-9H2,1-3H3. The van der Waals surface area contributed by atoms with Crippen LogP contribution in [0.25, 0.3) is 0 Å². The first-order valence-corrected chi connectivity index (χ1v) is 6.73. The van der Waals surface area contributed by atoms with E-state index in [1.165, 1.54) is 0 Å². The van der Waals surface area contributed by atoms with E-state index in [2.05, 4.69) is 14.9 Å². The van der Waals surface area contributed by atoms with Crippen molar-refractivity contribution in [3.63, 3.8) is 0 Å². The molecule has 0 saturated carbocycles. The van der Waals surface area contributed by atoms with Crippen LogP contribution in [0.1, 0.15) is 20.8 Å². The molecule has 0 spiro atoms. The van der Waals surface area contributed by atoms with Gasteiger partial charge in [0.05, 0.1) is 19.3 Å². The maximum Gasteiger partial charge on any atom is 0.410 e. The molecule has 0 aliphatic carbocycles. The molecule has 0 aromatic rings. The summed E-state index contributed by atoms with van der Waals surface area (Å²) >= 11 is 0. The predicted molar refractivity (Wildman–Crippen MR) is 75.0 cm³/mol. The highest BCUT2D eigenvalue weighted by molar-refractivity contribution is 6.29. The molecule has 0 aromatic heterocycles. The van der Waals surface area contributed by atoms with Crippen LogP contribution < -0.4 is 0 Å². The van der Waals surface area contributed by atoms with Crippen LogP contribution in [0.2, 0.25) is 0 Å². The molecule has 0 radical (unpaired) electrons. The second-order valence-corrected chi connectivity index (χ2v) is 5.73. The smallest absolute Gasteiger partial charge is 0.410 e. The minimum absolute atomic E-state index is 0.230. The van der Waals surface area contributed by atoms with Crippen molar-refractivity contribution in [2.45, 2.75) is 26.4 Å². The van der Waals surface area contributed by atoms with Gasteiger partial charge in [-0.05, 0) is 20.8 Å². The second-order valence-electron chi connectivity index (χ2n) is 5.73. The molecule has 6 nitrogen and oxygen atoms in total. The van der Waals surface area contributed by atoms with Crippen molar-refractivity contribution in [2.24, 2.45) is 9.98 Å². The van der Waals surface area contributed by atoms with Crippen molar-refractivity contribution in [3.8, 4) is 0 Å². The summed E-state index contributed by atoms with van der Waals surface area (Å²) in [4.78, 5) is 24.5. The number of amides is 1. The lowest BCUT2D eigenvalue weighted by Gasteiger charge is -2.36. The van der Waals surface area contributed by atoms with Crippen LogP contribution in [0, 0.1) is 0 Å². The number of hydrogen-bond donors (Lipinski definition) is 0. The van der Waals surface area contributed by atoms with E-state index in [0.717, 1.165) is 32.0 Å². The van der Waals surface area contributed by atoms with Gasteiger partial charge in [-0.3, -0.25) is 9.98 Å². The zero-order chi connectivity index (χ0) is 13.9. The lowest BCUT2D eigenvalue weighted by Crippen LogP contribution is -2.52. The number of ether oxygens (including phenoxy) is 1. The molecule has 0 atom stereocenters. The van der Waals surface area contributed by atoms with Crippen molar-refractivity contribution in [2.75, 3.05) is 39.3 Å². The number of amidine groups is 1. The molecule has 2 aliphatic rings. The van der Waals surface area contributed by atoms with E-state index < -0.39 is 5.60 Å². The number of nitrogens with zero attached hydrogens (tertiary/aromatic N) is 4. The molecule has 0 unspecified atom stereocenters. The van der Waals surface area contributed by atoms with Gasteiger partial charge in [-0.1, -0.05) is 0 Å². The Balaban J connectivity index is 1.84. The highest BCUT2D eigenvalue weighted by Crippen LogP contribution is 2.12. The molecule has 0 N–H and O–H groups in total. The average molecular weight is 266 g/mol. The molecule has 6 heteroatoms. The van der Waals surface area contributed by atoms with Gasteiger partial charge in [0.25, 0.3) is 0 Å². The van der Waals surface area contributed by atoms with E-state index in [4.69, 9.17) is 4.74 Å². The van der Waals surface area contributed by atoms with Crippen molar-refractivity contribution in [1.29, 1.82) is 0 Å². The van der Waals surface area contributed by atoms with Crippen LogP contribution in [-0.2, 0) is 4.74 Å². The van der Waals surface area contributed by atoms with E-state index in [-0.39, 0.29) is 6.09 Å². The minimum atomic E-state index is -0.436. The number of carbonyl (C=O) groups excluding carboxylic acids is 1. The summed E-state index contributed by atoms with van der Waals surface area (Å²) in [7, 11) is 0. The highest BCUT2D eigenvalue weighted by Gasteiger charge is 2.26. The maximum absolute atomic E-state index is 11.9. The Hall–Kier alpha value is -1.59. The first-order valence-electron chi connectivity index (χ1n) is 6.73. The third-order valence-electron chi connectivity index (χ3n) is 2.97. The van der Waals surface area contributed by atoms with Crippen LogP contribution in [-0.4, -0.2) is 72.8 Å². The van der Waals surface area contributed by atoms with E-state index in [1.807, 2.05) is 27.0 Å². The fourth-order valence-corrected chi connectivity index (χ4v) is 2.04. The minimum Gasteiger partial charge on any atom is -0.444 e. The number of carbonyl (C=O) groups is 1. The van der Waals surface area contributed by atoms with Gasteiger partial charge >= 0.3 is 6.09 Å². The van der Waals surface area contributed by atoms with Crippen molar-refractivity contribution >= 4 is 18.1 Å². The summed E-state index contributed by atoms with van der Waals surface area (Å²) in [6.45, 7) is 10.1. The first kappa shape index (κ1) is 13.8. The first-order chi connectivity index (χ1) is 8.96. The summed E-state index contributed by atoms with van der Waals surface area (Å²) in [6, 6.07) is 0. The highest BCUT2D eigenvalue weighted by atomic mass is 16.6. The van der Waals surface area contributed by atoms with E-state index >= 15 is 0 Å². The summed E-state index contributed by atoms with van der Waals surface area (Å²) in [5.41, 5.74) is -0.436. The fraction of sp³-hybridized carbons (Fsp3) is 0.769. The predicted octanol–water partition coefficient (Wildman–Crippen LogP) is 1.02. The van der Waals surface area contributed by atoms with Gasteiger partial charge in [-0.15, -0.1) is 0 Å². The Morgan fingerprint density at radius 3 is 2.42 bits per heavy atom. The number of aliphatic imine (C=N–C) groups is 2. The van der Waals surface area contributed by atoms with Crippen LogP contribution in [0.4, 0.5) is 4.79 Å². The molecule has 0 aromatic carbocycles. The molecule has 1 amide bonds. The Labute approximate surface area is 114 Å². The summed E-state index contributed by atoms with van der Waals surface area (Å²) in [5.74, 6) is 0.940. The Morgan fingerprint density at radius 2 is 1.89 bits per heavy atom. The van der Waals surface area contributed by atoms with Gasteiger partial charge in [0.15, 0.2) is 0 Å². The maximum atomic E-state index is 11.9. The molecular weight excluding hydrogens is 244 g/mol. The number of rotatable bonds is 0. The summed E-state index contributed by atoms with van der Waals surface area (Å²) in [6.07, 6.45) is 1.60. The summed E-state index contributed by atoms with van der Waals surface area (Å²) < 4.78 is 5.37. The zero-order valence-electron chi connectivity index (χ0n) is 11.9. The van der Waals surface area contributed by atoms with Crippen LogP contribution in [0.3, 0.4) is 0 Å². The largest absolute Gasteiger partial charge is 0.444 e. The van der Waals surface area contributed by atoms with Crippen LogP contribution in [0.15, 0.2) is 9.98 Å². The van der Waals surface area contributed by atoms with Gasteiger partial charge in [0, 0.05) is 26.2 Å². The fourth-order valence-electron chi connectivity index (χ4n) is 2.04. The molecule has 2 heterocycles. The van der Waals surface area contributed by atoms with E-state index in [1.54, 1.807) is 4.90 Å². The number of hydrogen-bond acceptors (Lipinski definition) is 5. The zero-order valence-corrected chi connectivity index (χ0v) is 11.9. The molecule has 1 fully saturated rings. The molecule has 1 saturated heterocycles. The van der Waals surface area contributed by atoms with E-state index in [9.17, 15) is 4.79 Å². The lowest BCUT2D eigenvalue weighted by atomic mass is 10.2. The molecular formula is C13H22N4O2. The quantitative estimate of drug-likeness (QED) is 0.658. The van der Waals surface area contributed by atoms with Crippen LogP contribution >= 0.6 is 0 Å².